The monoisotopic (exact) mass is 250 g/mol. The van der Waals surface area contributed by atoms with E-state index in [4.69, 9.17) is 5.73 Å². The summed E-state index contributed by atoms with van der Waals surface area (Å²) in [5.74, 6) is -2.13. The lowest BCUT2D eigenvalue weighted by Gasteiger charge is -2.10. The van der Waals surface area contributed by atoms with Gasteiger partial charge in [0.1, 0.15) is 5.82 Å². The maximum atomic E-state index is 12.9. The number of halogens is 4. The molecule has 1 aromatic rings. The fraction of sp³-hybridized carbons (Fsp3) is 0.300. The quantitative estimate of drug-likeness (QED) is 0.799. The lowest BCUT2D eigenvalue weighted by atomic mass is 10.1. The molecule has 0 unspecified atom stereocenters. The second-order valence-corrected chi connectivity index (χ2v) is 3.24. The minimum absolute atomic E-state index is 0.136. The van der Waals surface area contributed by atoms with Crippen LogP contribution in [0.15, 0.2) is 18.2 Å². The van der Waals surface area contributed by atoms with Crippen molar-refractivity contribution in [3.05, 3.63) is 35.1 Å². The molecule has 17 heavy (non-hydrogen) atoms. The summed E-state index contributed by atoms with van der Waals surface area (Å²) >= 11 is 0. The first-order valence-corrected chi connectivity index (χ1v) is 4.71. The predicted octanol–water partition coefficient (Wildman–Crippen LogP) is 1.53. The van der Waals surface area contributed by atoms with Crippen LogP contribution in [-0.2, 0) is 6.18 Å². The summed E-state index contributed by atoms with van der Waals surface area (Å²) < 4.78 is 50.0. The first-order chi connectivity index (χ1) is 7.86. The number of alkyl halides is 3. The molecule has 0 aromatic heterocycles. The molecule has 0 aliphatic carbocycles. The lowest BCUT2D eigenvalue weighted by Crippen LogP contribution is -2.29. The van der Waals surface area contributed by atoms with Crippen LogP contribution in [0.5, 0.6) is 0 Å². The van der Waals surface area contributed by atoms with Crippen molar-refractivity contribution in [2.75, 3.05) is 13.1 Å². The van der Waals surface area contributed by atoms with E-state index in [0.29, 0.717) is 12.1 Å². The Morgan fingerprint density at radius 1 is 1.35 bits per heavy atom. The van der Waals surface area contributed by atoms with Crippen LogP contribution in [0.25, 0.3) is 0 Å². The molecule has 1 rings (SSSR count). The van der Waals surface area contributed by atoms with Crippen LogP contribution in [0, 0.1) is 5.82 Å². The van der Waals surface area contributed by atoms with E-state index < -0.39 is 23.5 Å². The summed E-state index contributed by atoms with van der Waals surface area (Å²) in [4.78, 5) is 11.3. The number of nitrogens with two attached hydrogens (primary N) is 1. The van der Waals surface area contributed by atoms with Gasteiger partial charge in [-0.15, -0.1) is 0 Å². The Balaban J connectivity index is 3.00. The average Bonchev–Trinajstić information content (AvgIpc) is 2.25. The summed E-state index contributed by atoms with van der Waals surface area (Å²) in [5.41, 5.74) is 3.41. The Bertz CT molecular complexity index is 417. The van der Waals surface area contributed by atoms with Crippen LogP contribution in [-0.4, -0.2) is 19.0 Å². The molecule has 0 atom stereocenters. The Hall–Kier alpha value is -1.63. The van der Waals surface area contributed by atoms with Crippen molar-refractivity contribution in [1.82, 2.24) is 5.32 Å². The maximum Gasteiger partial charge on any atom is 0.419 e. The molecule has 94 valence electrons. The minimum Gasteiger partial charge on any atom is -0.351 e. The fourth-order valence-electron chi connectivity index (χ4n) is 1.17. The summed E-state index contributed by atoms with van der Waals surface area (Å²) in [7, 11) is 0. The first kappa shape index (κ1) is 13.4. The lowest BCUT2D eigenvalue weighted by molar-refractivity contribution is -0.140. The summed E-state index contributed by atoms with van der Waals surface area (Å²) in [6.07, 6.45) is -4.83. The SMILES string of the molecule is NCCNC(=O)c1ccc(F)c(C(F)(F)F)c1. The summed E-state index contributed by atoms with van der Waals surface area (Å²) in [6, 6.07) is 2.07. The molecule has 3 N–H and O–H groups in total. The van der Waals surface area contributed by atoms with Gasteiger partial charge in [-0.25, -0.2) is 4.39 Å². The fourth-order valence-corrected chi connectivity index (χ4v) is 1.17. The van der Waals surface area contributed by atoms with Gasteiger partial charge in [-0.1, -0.05) is 0 Å². The highest BCUT2D eigenvalue weighted by atomic mass is 19.4. The second kappa shape index (κ2) is 5.13. The molecule has 0 spiro atoms. The van der Waals surface area contributed by atoms with E-state index in [0.717, 1.165) is 6.07 Å². The molecular weight excluding hydrogens is 240 g/mol. The average molecular weight is 250 g/mol. The van der Waals surface area contributed by atoms with Crippen LogP contribution in [0.3, 0.4) is 0 Å². The largest absolute Gasteiger partial charge is 0.419 e. The molecule has 0 fully saturated rings. The van der Waals surface area contributed by atoms with E-state index in [1.54, 1.807) is 0 Å². The highest BCUT2D eigenvalue weighted by molar-refractivity contribution is 5.94. The van der Waals surface area contributed by atoms with Crippen LogP contribution < -0.4 is 11.1 Å². The zero-order valence-electron chi connectivity index (χ0n) is 8.64. The number of carbonyl (C=O) groups is 1. The third-order valence-corrected chi connectivity index (χ3v) is 1.96. The molecule has 0 saturated carbocycles. The van der Waals surface area contributed by atoms with Crippen molar-refractivity contribution in [3.8, 4) is 0 Å². The van der Waals surface area contributed by atoms with E-state index in [2.05, 4.69) is 5.32 Å². The van der Waals surface area contributed by atoms with Crippen molar-refractivity contribution >= 4 is 5.91 Å². The molecule has 1 aromatic carbocycles. The zero-order chi connectivity index (χ0) is 13.1. The Labute approximate surface area is 94.6 Å². The van der Waals surface area contributed by atoms with Crippen LogP contribution in [0.4, 0.5) is 17.6 Å². The smallest absolute Gasteiger partial charge is 0.351 e. The number of hydrogen-bond donors (Lipinski definition) is 2. The molecule has 0 heterocycles. The zero-order valence-corrected chi connectivity index (χ0v) is 8.64. The van der Waals surface area contributed by atoms with Gasteiger partial charge in [-0.05, 0) is 18.2 Å². The van der Waals surface area contributed by atoms with E-state index in [1.165, 1.54) is 0 Å². The molecule has 7 heteroatoms. The highest BCUT2D eigenvalue weighted by Gasteiger charge is 2.34. The Morgan fingerprint density at radius 2 is 2.00 bits per heavy atom. The molecule has 0 bridgehead atoms. The van der Waals surface area contributed by atoms with Gasteiger partial charge in [0.25, 0.3) is 5.91 Å². The van der Waals surface area contributed by atoms with Crippen molar-refractivity contribution < 1.29 is 22.4 Å². The number of carbonyl (C=O) groups excluding carboxylic acids is 1. The van der Waals surface area contributed by atoms with Gasteiger partial charge in [0.2, 0.25) is 0 Å². The molecule has 0 aliphatic heterocycles. The summed E-state index contributed by atoms with van der Waals surface area (Å²) in [5, 5.41) is 2.29. The molecule has 0 radical (unpaired) electrons. The van der Waals surface area contributed by atoms with Crippen molar-refractivity contribution in [2.24, 2.45) is 5.73 Å². The van der Waals surface area contributed by atoms with Crippen molar-refractivity contribution in [1.29, 1.82) is 0 Å². The normalized spacial score (nSPS) is 11.4. The van der Waals surface area contributed by atoms with Crippen LogP contribution >= 0.6 is 0 Å². The number of amides is 1. The van der Waals surface area contributed by atoms with Crippen LogP contribution in [0.2, 0.25) is 0 Å². The van der Waals surface area contributed by atoms with Gasteiger partial charge in [-0.2, -0.15) is 13.2 Å². The number of nitrogens with one attached hydrogen (secondary N) is 1. The number of hydrogen-bond acceptors (Lipinski definition) is 2. The third kappa shape index (κ3) is 3.42. The molecular formula is C10H10F4N2O. The van der Waals surface area contributed by atoms with Crippen molar-refractivity contribution in [2.45, 2.75) is 6.18 Å². The third-order valence-electron chi connectivity index (χ3n) is 1.96. The standard InChI is InChI=1S/C10H10F4N2O/c11-8-2-1-6(9(17)16-4-3-15)5-7(8)10(12,13)14/h1-2,5H,3-4,15H2,(H,16,17). The van der Waals surface area contributed by atoms with Gasteiger partial charge < -0.3 is 11.1 Å². The van der Waals surface area contributed by atoms with Gasteiger partial charge in [-0.3, -0.25) is 4.79 Å². The minimum atomic E-state index is -4.83. The van der Waals surface area contributed by atoms with E-state index in [1.807, 2.05) is 0 Å². The molecule has 0 saturated heterocycles. The number of rotatable bonds is 3. The maximum absolute atomic E-state index is 12.9. The first-order valence-electron chi connectivity index (χ1n) is 4.71. The Kier molecular flexibility index (Phi) is 4.06. The molecule has 1 amide bonds. The predicted molar refractivity (Wildman–Crippen MR) is 52.8 cm³/mol. The van der Waals surface area contributed by atoms with E-state index >= 15 is 0 Å². The van der Waals surface area contributed by atoms with E-state index in [-0.39, 0.29) is 18.7 Å². The van der Waals surface area contributed by atoms with Crippen molar-refractivity contribution in [3.63, 3.8) is 0 Å². The Morgan fingerprint density at radius 3 is 2.53 bits per heavy atom. The second-order valence-electron chi connectivity index (χ2n) is 3.24. The van der Waals surface area contributed by atoms with E-state index in [9.17, 15) is 22.4 Å². The van der Waals surface area contributed by atoms with Gasteiger partial charge in [0.15, 0.2) is 0 Å². The van der Waals surface area contributed by atoms with Gasteiger partial charge >= 0.3 is 6.18 Å². The molecule has 3 nitrogen and oxygen atoms in total. The number of benzene rings is 1. The van der Waals surface area contributed by atoms with Gasteiger partial charge in [0, 0.05) is 18.7 Å². The van der Waals surface area contributed by atoms with Gasteiger partial charge in [0.05, 0.1) is 5.56 Å². The topological polar surface area (TPSA) is 55.1 Å². The summed E-state index contributed by atoms with van der Waals surface area (Å²) in [6.45, 7) is 0.302. The van der Waals surface area contributed by atoms with Crippen LogP contribution in [0.1, 0.15) is 15.9 Å². The highest BCUT2D eigenvalue weighted by Crippen LogP contribution is 2.31. The molecule has 0 aliphatic rings.